The van der Waals surface area contributed by atoms with Crippen LogP contribution in [0.3, 0.4) is 0 Å². The van der Waals surface area contributed by atoms with E-state index in [1.165, 1.54) is 5.56 Å². The second kappa shape index (κ2) is 6.99. The Kier molecular flexibility index (Phi) is 4.80. The summed E-state index contributed by atoms with van der Waals surface area (Å²) in [6, 6.07) is 17.9. The van der Waals surface area contributed by atoms with Gasteiger partial charge in [-0.2, -0.15) is 0 Å². The summed E-state index contributed by atoms with van der Waals surface area (Å²) in [6.07, 6.45) is 1.04. The third-order valence-corrected chi connectivity index (χ3v) is 5.20. The van der Waals surface area contributed by atoms with Gasteiger partial charge in [-0.15, -0.1) is 11.8 Å². The van der Waals surface area contributed by atoms with Crippen LogP contribution in [0, 0.1) is 0 Å². The number of thioether (sulfide) groups is 1. The Bertz CT molecular complexity index is 645. The van der Waals surface area contributed by atoms with Crippen LogP contribution in [0.1, 0.15) is 28.0 Å². The second-order valence-electron chi connectivity index (χ2n) is 5.46. The Balaban J connectivity index is 1.64. The van der Waals surface area contributed by atoms with Crippen molar-refractivity contribution in [2.45, 2.75) is 17.7 Å². The fraction of sp³-hybridized carbons (Fsp3) is 0.278. The molecule has 0 spiro atoms. The average molecular weight is 312 g/mol. The van der Waals surface area contributed by atoms with E-state index in [1.54, 1.807) is 11.8 Å². The fourth-order valence-electron chi connectivity index (χ4n) is 2.73. The van der Waals surface area contributed by atoms with Crippen LogP contribution in [-0.4, -0.2) is 18.2 Å². The van der Waals surface area contributed by atoms with Crippen LogP contribution >= 0.6 is 11.8 Å². The van der Waals surface area contributed by atoms with Crippen LogP contribution in [-0.2, 0) is 11.2 Å². The molecule has 0 radical (unpaired) electrons. The molecule has 0 bridgehead atoms. The number of nitrogens with one attached hydrogen (secondary N) is 1. The largest absolute Gasteiger partial charge is 0.353 e. The number of benzene rings is 2. The van der Waals surface area contributed by atoms with Crippen molar-refractivity contribution in [3.8, 4) is 0 Å². The van der Waals surface area contributed by atoms with E-state index in [0.29, 0.717) is 6.54 Å². The molecule has 1 aliphatic rings. The first-order valence-electron chi connectivity index (χ1n) is 7.53. The maximum atomic E-state index is 12.5. The number of carbonyl (C=O) groups excluding carboxylic acids is 1. The van der Waals surface area contributed by atoms with E-state index < -0.39 is 0 Å². The molecule has 2 aromatic carbocycles. The molecule has 3 rings (SSSR count). The van der Waals surface area contributed by atoms with E-state index in [9.17, 15) is 4.79 Å². The van der Waals surface area contributed by atoms with E-state index >= 15 is 0 Å². The summed E-state index contributed by atoms with van der Waals surface area (Å²) in [5, 5.41) is 2.89. The van der Waals surface area contributed by atoms with Crippen LogP contribution in [0.4, 0.5) is 0 Å². The molecule has 0 fully saturated rings. The molecule has 3 nitrogen and oxygen atoms in total. The van der Waals surface area contributed by atoms with Gasteiger partial charge in [0.05, 0.1) is 0 Å². The molecule has 1 amide bonds. The lowest BCUT2D eigenvalue weighted by atomic mass is 10.0. The molecule has 2 aromatic rings. The zero-order valence-electron chi connectivity index (χ0n) is 12.4. The van der Waals surface area contributed by atoms with Gasteiger partial charge < -0.3 is 11.1 Å². The molecule has 1 heterocycles. The van der Waals surface area contributed by atoms with Gasteiger partial charge >= 0.3 is 0 Å². The molecule has 4 heteroatoms. The van der Waals surface area contributed by atoms with Crippen molar-refractivity contribution < 1.29 is 4.79 Å². The highest BCUT2D eigenvalue weighted by Gasteiger charge is 2.26. The van der Waals surface area contributed by atoms with Crippen molar-refractivity contribution in [1.29, 1.82) is 0 Å². The number of nitrogens with two attached hydrogens (primary N) is 1. The number of hydrogen-bond acceptors (Lipinski definition) is 3. The van der Waals surface area contributed by atoms with Crippen molar-refractivity contribution in [2.75, 3.05) is 12.3 Å². The number of aryl methyl sites for hydroxylation is 1. The van der Waals surface area contributed by atoms with Gasteiger partial charge in [0, 0.05) is 12.6 Å². The van der Waals surface area contributed by atoms with Gasteiger partial charge in [0.1, 0.15) is 5.25 Å². The van der Waals surface area contributed by atoms with Gasteiger partial charge in [0.2, 0.25) is 5.91 Å². The molecule has 1 aliphatic heterocycles. The summed E-state index contributed by atoms with van der Waals surface area (Å²) in [5.41, 5.74) is 9.62. The number of hydrogen-bond donors (Lipinski definition) is 2. The first-order chi connectivity index (χ1) is 10.8. The molecule has 0 aromatic heterocycles. The molecule has 22 heavy (non-hydrogen) atoms. The molecular formula is C18H20N2OS. The monoisotopic (exact) mass is 312 g/mol. The molecule has 0 saturated heterocycles. The SMILES string of the molecule is NC(CNC(=O)C1SCCc2ccccc21)c1ccccc1. The predicted octanol–water partition coefficient (Wildman–Crippen LogP) is 2.83. The Morgan fingerprint density at radius 3 is 2.73 bits per heavy atom. The number of rotatable bonds is 4. The third kappa shape index (κ3) is 3.34. The fourth-order valence-corrected chi connectivity index (χ4v) is 3.95. The third-order valence-electron chi connectivity index (χ3n) is 3.96. The van der Waals surface area contributed by atoms with E-state index in [2.05, 4.69) is 17.4 Å². The molecule has 114 valence electrons. The lowest BCUT2D eigenvalue weighted by Gasteiger charge is -2.25. The predicted molar refractivity (Wildman–Crippen MR) is 91.7 cm³/mol. The zero-order valence-corrected chi connectivity index (χ0v) is 13.2. The minimum absolute atomic E-state index is 0.0588. The van der Waals surface area contributed by atoms with Crippen molar-refractivity contribution in [1.82, 2.24) is 5.32 Å². The molecule has 2 atom stereocenters. The lowest BCUT2D eigenvalue weighted by molar-refractivity contribution is -0.120. The Hall–Kier alpha value is -1.78. The van der Waals surface area contributed by atoms with Crippen molar-refractivity contribution in [3.63, 3.8) is 0 Å². The number of amides is 1. The highest BCUT2D eigenvalue weighted by molar-refractivity contribution is 8.00. The molecule has 0 aliphatic carbocycles. The Morgan fingerprint density at radius 2 is 1.91 bits per heavy atom. The maximum Gasteiger partial charge on any atom is 0.237 e. The Labute approximate surface area is 135 Å². The van der Waals surface area contributed by atoms with Crippen LogP contribution in [0.5, 0.6) is 0 Å². The van der Waals surface area contributed by atoms with Gasteiger partial charge in [-0.1, -0.05) is 54.6 Å². The summed E-state index contributed by atoms with van der Waals surface area (Å²) in [7, 11) is 0. The van der Waals surface area contributed by atoms with E-state index in [-0.39, 0.29) is 17.2 Å². The zero-order chi connectivity index (χ0) is 15.4. The van der Waals surface area contributed by atoms with Gasteiger partial charge in [-0.3, -0.25) is 4.79 Å². The maximum absolute atomic E-state index is 12.5. The van der Waals surface area contributed by atoms with Crippen molar-refractivity contribution in [2.24, 2.45) is 5.73 Å². The minimum atomic E-state index is -0.172. The first kappa shape index (κ1) is 15.1. The van der Waals surface area contributed by atoms with Gasteiger partial charge in [0.15, 0.2) is 0 Å². The normalized spacial score (nSPS) is 18.3. The first-order valence-corrected chi connectivity index (χ1v) is 8.58. The summed E-state index contributed by atoms with van der Waals surface area (Å²) < 4.78 is 0. The van der Waals surface area contributed by atoms with Crippen molar-refractivity contribution >= 4 is 17.7 Å². The van der Waals surface area contributed by atoms with E-state index in [1.807, 2.05) is 42.5 Å². The lowest BCUT2D eigenvalue weighted by Crippen LogP contribution is -2.35. The van der Waals surface area contributed by atoms with Crippen LogP contribution in [0.25, 0.3) is 0 Å². The van der Waals surface area contributed by atoms with Crippen molar-refractivity contribution in [3.05, 3.63) is 71.3 Å². The summed E-state index contributed by atoms with van der Waals surface area (Å²) in [4.78, 5) is 12.5. The standard InChI is InChI=1S/C18H20N2OS/c19-16(14-7-2-1-3-8-14)12-20-18(21)17-15-9-5-4-6-13(15)10-11-22-17/h1-9,16-17H,10-12,19H2,(H,20,21). The number of carbonyl (C=O) groups is 1. The van der Waals surface area contributed by atoms with Gasteiger partial charge in [0.25, 0.3) is 0 Å². The average Bonchev–Trinajstić information content (AvgIpc) is 2.59. The topological polar surface area (TPSA) is 55.1 Å². The van der Waals surface area contributed by atoms with Crippen LogP contribution in [0.2, 0.25) is 0 Å². The highest BCUT2D eigenvalue weighted by Crippen LogP contribution is 2.36. The van der Waals surface area contributed by atoms with Crippen LogP contribution in [0.15, 0.2) is 54.6 Å². The second-order valence-corrected chi connectivity index (χ2v) is 6.67. The summed E-state index contributed by atoms with van der Waals surface area (Å²) >= 11 is 1.71. The summed E-state index contributed by atoms with van der Waals surface area (Å²) in [5.74, 6) is 1.04. The van der Waals surface area contributed by atoms with Gasteiger partial charge in [-0.05, 0) is 28.9 Å². The molecule has 3 N–H and O–H groups in total. The molecule has 2 unspecified atom stereocenters. The highest BCUT2D eigenvalue weighted by atomic mass is 32.2. The molecule has 0 saturated carbocycles. The Morgan fingerprint density at radius 1 is 1.18 bits per heavy atom. The van der Waals surface area contributed by atoms with Gasteiger partial charge in [-0.25, -0.2) is 0 Å². The quantitative estimate of drug-likeness (QED) is 0.913. The smallest absolute Gasteiger partial charge is 0.237 e. The van der Waals surface area contributed by atoms with E-state index in [0.717, 1.165) is 23.3 Å². The minimum Gasteiger partial charge on any atom is -0.353 e. The summed E-state index contributed by atoms with van der Waals surface area (Å²) in [6.45, 7) is 0.460. The number of fused-ring (bicyclic) bond motifs is 1. The van der Waals surface area contributed by atoms with E-state index in [4.69, 9.17) is 5.73 Å². The van der Waals surface area contributed by atoms with Crippen LogP contribution < -0.4 is 11.1 Å². The molecular weight excluding hydrogens is 292 g/mol.